The average Bonchev–Trinajstić information content (AvgIpc) is 2.86. The van der Waals surface area contributed by atoms with Gasteiger partial charge in [0.1, 0.15) is 0 Å². The molecule has 108 valence electrons. The van der Waals surface area contributed by atoms with Crippen LogP contribution >= 0.6 is 11.6 Å². The SMILES string of the molecule is CNCc1cn[nH]c1S(=O)(=O)NCc1cccc(Cl)c1. The zero-order valence-corrected chi connectivity index (χ0v) is 12.4. The molecular weight excluding hydrogens is 300 g/mol. The van der Waals surface area contributed by atoms with Crippen molar-refractivity contribution in [3.05, 3.63) is 46.6 Å². The van der Waals surface area contributed by atoms with Gasteiger partial charge in [0.05, 0.1) is 6.20 Å². The lowest BCUT2D eigenvalue weighted by Crippen LogP contribution is -2.25. The maximum atomic E-state index is 12.2. The quantitative estimate of drug-likeness (QED) is 0.749. The van der Waals surface area contributed by atoms with E-state index >= 15 is 0 Å². The molecule has 1 aromatic carbocycles. The van der Waals surface area contributed by atoms with Crippen LogP contribution in [0.25, 0.3) is 0 Å². The Labute approximate surface area is 122 Å². The molecule has 0 unspecified atom stereocenters. The number of nitrogens with zero attached hydrogens (tertiary/aromatic N) is 1. The first-order valence-corrected chi connectivity index (χ1v) is 7.80. The predicted octanol–water partition coefficient (Wildman–Crippen LogP) is 1.26. The van der Waals surface area contributed by atoms with Crippen molar-refractivity contribution in [2.45, 2.75) is 18.1 Å². The minimum absolute atomic E-state index is 0.0777. The topological polar surface area (TPSA) is 86.9 Å². The summed E-state index contributed by atoms with van der Waals surface area (Å²) >= 11 is 5.86. The van der Waals surface area contributed by atoms with E-state index in [0.717, 1.165) is 5.56 Å². The van der Waals surface area contributed by atoms with Gasteiger partial charge >= 0.3 is 0 Å². The van der Waals surface area contributed by atoms with Crippen LogP contribution in [-0.4, -0.2) is 25.7 Å². The predicted molar refractivity (Wildman–Crippen MR) is 76.8 cm³/mol. The summed E-state index contributed by atoms with van der Waals surface area (Å²) in [6.07, 6.45) is 1.49. The van der Waals surface area contributed by atoms with Crippen molar-refractivity contribution in [1.29, 1.82) is 0 Å². The molecule has 3 N–H and O–H groups in total. The second-order valence-corrected chi connectivity index (χ2v) is 6.35. The summed E-state index contributed by atoms with van der Waals surface area (Å²) in [5.41, 5.74) is 1.38. The second-order valence-electron chi connectivity index (χ2n) is 4.21. The van der Waals surface area contributed by atoms with Crippen molar-refractivity contribution >= 4 is 21.6 Å². The van der Waals surface area contributed by atoms with Gasteiger partial charge in [0.15, 0.2) is 5.03 Å². The third-order valence-corrected chi connectivity index (χ3v) is 4.32. The highest BCUT2D eigenvalue weighted by Gasteiger charge is 2.20. The number of hydrogen-bond acceptors (Lipinski definition) is 4. The average molecular weight is 315 g/mol. The van der Waals surface area contributed by atoms with Gasteiger partial charge in [-0.05, 0) is 24.7 Å². The van der Waals surface area contributed by atoms with Gasteiger partial charge < -0.3 is 5.32 Å². The lowest BCUT2D eigenvalue weighted by atomic mass is 10.2. The number of H-pyrrole nitrogens is 1. The number of benzene rings is 1. The molecular formula is C12H15ClN4O2S. The maximum absolute atomic E-state index is 12.2. The van der Waals surface area contributed by atoms with E-state index in [1.165, 1.54) is 6.20 Å². The molecule has 2 aromatic rings. The van der Waals surface area contributed by atoms with Gasteiger partial charge in [-0.3, -0.25) is 5.10 Å². The highest BCUT2D eigenvalue weighted by atomic mass is 35.5. The highest BCUT2D eigenvalue weighted by molar-refractivity contribution is 7.89. The highest BCUT2D eigenvalue weighted by Crippen LogP contribution is 2.14. The minimum Gasteiger partial charge on any atom is -0.316 e. The molecule has 0 amide bonds. The Kier molecular flexibility index (Phi) is 4.77. The number of halogens is 1. The van der Waals surface area contributed by atoms with Crippen molar-refractivity contribution in [1.82, 2.24) is 20.2 Å². The van der Waals surface area contributed by atoms with E-state index in [1.807, 2.05) is 0 Å². The van der Waals surface area contributed by atoms with Gasteiger partial charge in [-0.25, -0.2) is 13.1 Å². The smallest absolute Gasteiger partial charge is 0.258 e. The molecule has 0 aliphatic carbocycles. The van der Waals surface area contributed by atoms with Gasteiger partial charge in [-0.1, -0.05) is 23.7 Å². The van der Waals surface area contributed by atoms with E-state index < -0.39 is 10.0 Å². The Hall–Kier alpha value is -1.41. The fraction of sp³-hybridized carbons (Fsp3) is 0.250. The minimum atomic E-state index is -3.63. The Morgan fingerprint density at radius 1 is 1.35 bits per heavy atom. The molecule has 6 nitrogen and oxygen atoms in total. The van der Waals surface area contributed by atoms with Crippen LogP contribution in [-0.2, 0) is 23.1 Å². The zero-order valence-electron chi connectivity index (χ0n) is 10.9. The number of nitrogens with one attached hydrogen (secondary N) is 3. The standard InChI is InChI=1S/C12H15ClN4O2S/c1-14-7-10-8-15-17-12(10)20(18,19)16-6-9-3-2-4-11(13)5-9/h2-5,8,14,16H,6-7H2,1H3,(H,15,17). The molecule has 0 saturated carbocycles. The number of sulfonamides is 1. The maximum Gasteiger partial charge on any atom is 0.258 e. The Morgan fingerprint density at radius 2 is 2.15 bits per heavy atom. The van der Waals surface area contributed by atoms with Crippen molar-refractivity contribution in [2.24, 2.45) is 0 Å². The largest absolute Gasteiger partial charge is 0.316 e. The molecule has 20 heavy (non-hydrogen) atoms. The monoisotopic (exact) mass is 314 g/mol. The van der Waals surface area contributed by atoms with Gasteiger partial charge in [0.2, 0.25) is 0 Å². The Bertz CT molecular complexity index is 684. The summed E-state index contributed by atoms with van der Waals surface area (Å²) in [6.45, 7) is 0.588. The summed E-state index contributed by atoms with van der Waals surface area (Å²) < 4.78 is 26.9. The van der Waals surface area contributed by atoms with E-state index in [2.05, 4.69) is 20.2 Å². The Morgan fingerprint density at radius 3 is 2.85 bits per heavy atom. The normalized spacial score (nSPS) is 11.7. The van der Waals surface area contributed by atoms with Crippen LogP contribution in [0.15, 0.2) is 35.5 Å². The molecule has 0 atom stereocenters. The van der Waals surface area contributed by atoms with Gasteiger partial charge in [0, 0.05) is 23.7 Å². The van der Waals surface area contributed by atoms with Gasteiger partial charge in [-0.15, -0.1) is 0 Å². The summed E-state index contributed by atoms with van der Waals surface area (Å²) in [6, 6.07) is 7.02. The van der Waals surface area contributed by atoms with E-state index in [1.54, 1.807) is 31.3 Å². The number of rotatable bonds is 6. The first-order chi connectivity index (χ1) is 9.53. The van der Waals surface area contributed by atoms with Crippen LogP contribution < -0.4 is 10.0 Å². The summed E-state index contributed by atoms with van der Waals surface area (Å²) in [5.74, 6) is 0. The van der Waals surface area contributed by atoms with Crippen molar-refractivity contribution in [3.8, 4) is 0 Å². The van der Waals surface area contributed by atoms with Crippen LogP contribution in [0.3, 0.4) is 0 Å². The van der Waals surface area contributed by atoms with Crippen LogP contribution in [0.2, 0.25) is 5.02 Å². The fourth-order valence-corrected chi connectivity index (χ4v) is 3.10. The third kappa shape index (κ3) is 3.57. The molecule has 1 aromatic heterocycles. The summed E-state index contributed by atoms with van der Waals surface area (Å²) in [7, 11) is -1.89. The van der Waals surface area contributed by atoms with Crippen molar-refractivity contribution in [3.63, 3.8) is 0 Å². The molecule has 1 heterocycles. The molecule has 0 spiro atoms. The summed E-state index contributed by atoms with van der Waals surface area (Å²) in [4.78, 5) is 0. The first-order valence-electron chi connectivity index (χ1n) is 5.94. The molecule has 0 saturated heterocycles. The molecule has 0 radical (unpaired) electrons. The van der Waals surface area contributed by atoms with Crippen LogP contribution in [0.5, 0.6) is 0 Å². The van der Waals surface area contributed by atoms with Crippen molar-refractivity contribution in [2.75, 3.05) is 7.05 Å². The van der Waals surface area contributed by atoms with Crippen LogP contribution in [0.4, 0.5) is 0 Å². The van der Waals surface area contributed by atoms with Crippen LogP contribution in [0.1, 0.15) is 11.1 Å². The number of aromatic nitrogens is 2. The summed E-state index contributed by atoms with van der Waals surface area (Å²) in [5, 5.41) is 9.82. The Balaban J connectivity index is 2.13. The fourth-order valence-electron chi connectivity index (χ4n) is 1.75. The molecule has 0 aliphatic rings. The first kappa shape index (κ1) is 15.0. The van der Waals surface area contributed by atoms with E-state index in [0.29, 0.717) is 17.1 Å². The molecule has 0 bridgehead atoms. The molecule has 0 fully saturated rings. The lowest BCUT2D eigenvalue weighted by Gasteiger charge is -2.07. The number of hydrogen-bond donors (Lipinski definition) is 3. The van der Waals surface area contributed by atoms with Crippen molar-refractivity contribution < 1.29 is 8.42 Å². The molecule has 2 rings (SSSR count). The zero-order chi connectivity index (χ0) is 14.6. The third-order valence-electron chi connectivity index (χ3n) is 2.67. The van der Waals surface area contributed by atoms with Gasteiger partial charge in [-0.2, -0.15) is 5.10 Å². The second kappa shape index (κ2) is 6.36. The lowest BCUT2D eigenvalue weighted by molar-refractivity contribution is 0.575. The van der Waals surface area contributed by atoms with E-state index in [4.69, 9.17) is 11.6 Å². The van der Waals surface area contributed by atoms with Crippen LogP contribution in [0, 0.1) is 0 Å². The van der Waals surface area contributed by atoms with Gasteiger partial charge in [0.25, 0.3) is 10.0 Å². The molecule has 8 heteroatoms. The molecule has 0 aliphatic heterocycles. The van der Waals surface area contributed by atoms with E-state index in [9.17, 15) is 8.42 Å². The van der Waals surface area contributed by atoms with E-state index in [-0.39, 0.29) is 11.6 Å². The number of aromatic amines is 1.